The first-order chi connectivity index (χ1) is 45.2. The van der Waals surface area contributed by atoms with Crippen LogP contribution < -0.4 is 33.2 Å². The second kappa shape index (κ2) is 30.4. The van der Waals surface area contributed by atoms with Gasteiger partial charge < -0.3 is 57.2 Å². The molecule has 8 heterocycles. The number of halogens is 9. The van der Waals surface area contributed by atoms with Crippen molar-refractivity contribution in [3.05, 3.63) is 124 Å². The van der Waals surface area contributed by atoms with Gasteiger partial charge in [-0.2, -0.15) is 4.31 Å². The van der Waals surface area contributed by atoms with Crippen LogP contribution in [-0.2, 0) is 53.2 Å². The summed E-state index contributed by atoms with van der Waals surface area (Å²) in [7, 11) is -3.63. The summed E-state index contributed by atoms with van der Waals surface area (Å²) in [6.07, 6.45) is 13.2. The SMILES string of the molecule is N[C@H](Cc1cc(F)c(F)cc1F)C1C[C@H]2CC[C@@H](C1)N2C(=O)CNC(=O)C1(O)CC1.N[C@H](Cc1cc(F)c(F)cc1F)C1C[C@H]2CC[C@@H](C1)N2C(=O)CNC(=O)C1CCOCC1.N[C@H](Cc1cc(F)c(F)cc1F)C1C[C@H]2CC[C@@H](C1)N2S(=O)(=O)CCNC(=O)c1cnco1. The van der Waals surface area contributed by atoms with Gasteiger partial charge in [-0.1, -0.05) is 0 Å². The predicted molar refractivity (Wildman–Crippen MR) is 324 cm³/mol. The molecule has 0 spiro atoms. The Kier molecular flexibility index (Phi) is 22.7. The number of nitrogens with one attached hydrogen (secondary N) is 3. The Labute approximate surface area is 544 Å². The normalized spacial score (nSPS) is 26.1. The maximum Gasteiger partial charge on any atom is 0.288 e. The summed E-state index contributed by atoms with van der Waals surface area (Å²) in [6.45, 7) is 0.901. The van der Waals surface area contributed by atoms with Crippen molar-refractivity contribution in [2.75, 3.05) is 38.6 Å². The molecule has 520 valence electrons. The number of carbonyl (C=O) groups excluding carboxylic acids is 5. The number of hydrogen-bond acceptors (Lipinski definition) is 14. The largest absolute Gasteiger partial charge is 0.438 e. The number of nitrogens with two attached hydrogens (primary N) is 3. The van der Waals surface area contributed by atoms with Gasteiger partial charge in [-0.3, -0.25) is 24.0 Å². The topological polar surface area (TPSA) is 299 Å². The van der Waals surface area contributed by atoms with Crippen LogP contribution in [0.3, 0.4) is 0 Å². The van der Waals surface area contributed by atoms with Crippen molar-refractivity contribution in [1.82, 2.24) is 35.0 Å². The molecule has 0 radical (unpaired) electrons. The average Bonchev–Trinajstić information content (AvgIpc) is 1.68. The first-order valence-electron chi connectivity index (χ1n) is 32.5. The van der Waals surface area contributed by atoms with E-state index in [-0.39, 0.29) is 145 Å². The van der Waals surface area contributed by atoms with Crippen LogP contribution in [0.15, 0.2) is 53.4 Å². The second-order valence-electron chi connectivity index (χ2n) is 26.7. The zero-order chi connectivity index (χ0) is 68.2. The van der Waals surface area contributed by atoms with Gasteiger partial charge in [0.25, 0.3) is 11.8 Å². The van der Waals surface area contributed by atoms with Crippen molar-refractivity contribution in [3.8, 4) is 0 Å². The van der Waals surface area contributed by atoms with Crippen LogP contribution >= 0.6 is 0 Å². The Hall–Kier alpha value is -6.70. The van der Waals surface area contributed by atoms with Crippen LogP contribution in [0.2, 0.25) is 0 Å². The van der Waals surface area contributed by atoms with Crippen LogP contribution in [0.1, 0.15) is 130 Å². The Morgan fingerprint density at radius 1 is 0.547 bits per heavy atom. The lowest BCUT2D eigenvalue weighted by atomic mass is 9.82. The number of sulfonamides is 1. The first kappa shape index (κ1) is 71.1. The van der Waals surface area contributed by atoms with Crippen LogP contribution in [0, 0.1) is 76.0 Å². The number of amides is 5. The van der Waals surface area contributed by atoms with E-state index in [1.54, 1.807) is 4.90 Å². The molecule has 1 saturated carbocycles. The van der Waals surface area contributed by atoms with Gasteiger partial charge in [0.2, 0.25) is 33.5 Å². The molecule has 3 unspecified atom stereocenters. The Bertz CT molecular complexity index is 3510. The van der Waals surface area contributed by atoms with Crippen molar-refractivity contribution >= 4 is 39.6 Å². The van der Waals surface area contributed by atoms with Gasteiger partial charge in [-0.25, -0.2) is 52.9 Å². The summed E-state index contributed by atoms with van der Waals surface area (Å²) >= 11 is 0. The fraction of sp³-hybridized carbons (Fsp3) is 0.600. The molecular formula is C65H81F9N10O10S. The Balaban J connectivity index is 0.000000155. The van der Waals surface area contributed by atoms with Crippen molar-refractivity contribution in [3.63, 3.8) is 0 Å². The summed E-state index contributed by atoms with van der Waals surface area (Å²) in [6, 6.07) is 2.37. The molecular weight excluding hydrogens is 1280 g/mol. The van der Waals surface area contributed by atoms with E-state index in [2.05, 4.69) is 20.9 Å². The number of hydrogen-bond donors (Lipinski definition) is 7. The average molecular weight is 1370 g/mol. The summed E-state index contributed by atoms with van der Waals surface area (Å²) in [4.78, 5) is 68.9. The monoisotopic (exact) mass is 1360 g/mol. The maximum atomic E-state index is 14.0. The molecule has 12 rings (SSSR count). The quantitative estimate of drug-likeness (QED) is 0.0417. The Morgan fingerprint density at radius 2 is 0.926 bits per heavy atom. The third-order valence-corrected chi connectivity index (χ3v) is 22.4. The van der Waals surface area contributed by atoms with Crippen molar-refractivity contribution in [2.45, 2.75) is 182 Å². The fourth-order valence-corrected chi connectivity index (χ4v) is 17.1. The Morgan fingerprint density at radius 3 is 1.32 bits per heavy atom. The van der Waals surface area contributed by atoms with E-state index in [1.165, 1.54) is 10.5 Å². The van der Waals surface area contributed by atoms with Gasteiger partial charge in [0.1, 0.15) is 23.1 Å². The number of rotatable bonds is 20. The van der Waals surface area contributed by atoms with Gasteiger partial charge in [0, 0.05) is 98.3 Å². The molecule has 3 aromatic carbocycles. The van der Waals surface area contributed by atoms with Gasteiger partial charge >= 0.3 is 0 Å². The van der Waals surface area contributed by atoms with E-state index in [1.807, 2.05) is 4.90 Å². The molecule has 20 nitrogen and oxygen atoms in total. The number of nitrogens with zero attached hydrogens (tertiary/aromatic N) is 4. The van der Waals surface area contributed by atoms with Crippen molar-refractivity contribution < 1.29 is 86.2 Å². The highest BCUT2D eigenvalue weighted by molar-refractivity contribution is 7.89. The number of oxazole rings is 1. The standard InChI is InChI=1S/C23H30F3N3O3.C21H25F3N4O4S.C21H26F3N3O3/c24-18-11-20(26)19(25)9-14(18)10-21(27)15-7-16-1-2-17(8-15)29(16)22(30)12-28-23(31)13-3-5-32-6-4-13;22-16-9-18(24)17(23)7-12(16)8-19(25)13-5-14-1-2-15(6-13)28(14)33(30,31)4-3-27-21(29)20-10-26-11-32-20;22-15-9-17(24)16(23)7-11(15)8-18(25)12-5-13-1-2-14(6-12)27(13)19(28)10-26-20(29)21(30)3-4-21/h9,11,13,15-17,21H,1-8,10,12,27H2,(H,28,31);7,9-11,13-15,19H,1-6,8,25H2,(H,27,29);7,9,12-14,18,30H,1-6,8,10,25H2,(H,26,29)/t15?,16-,17+,21-;13?,14-,15+,19-;12?,13-,14+,18-/m111/s1. The molecule has 95 heavy (non-hydrogen) atoms. The van der Waals surface area contributed by atoms with E-state index < -0.39 is 97.9 Å². The van der Waals surface area contributed by atoms with Gasteiger partial charge in [-0.15, -0.1) is 0 Å². The third-order valence-electron chi connectivity index (χ3n) is 20.4. The van der Waals surface area contributed by atoms with Gasteiger partial charge in [0.15, 0.2) is 41.3 Å². The molecule has 6 bridgehead atoms. The van der Waals surface area contributed by atoms with Crippen LogP contribution in [0.25, 0.3) is 0 Å². The summed E-state index contributed by atoms with van der Waals surface area (Å²) < 4.78 is 160. The van der Waals surface area contributed by atoms with Gasteiger partial charge in [0.05, 0.1) is 25.0 Å². The molecule has 4 aromatic rings. The second-order valence-corrected chi connectivity index (χ2v) is 28.7. The number of carbonyl (C=O) groups is 5. The zero-order valence-corrected chi connectivity index (χ0v) is 53.1. The smallest absolute Gasteiger partial charge is 0.288 e. The number of ether oxygens (including phenoxy) is 1. The summed E-state index contributed by atoms with van der Waals surface area (Å²) in [5.41, 5.74) is 17.7. The molecule has 30 heteroatoms. The lowest BCUT2D eigenvalue weighted by molar-refractivity contribution is -0.139. The van der Waals surface area contributed by atoms with Crippen LogP contribution in [0.5, 0.6) is 0 Å². The molecule has 12 atom stereocenters. The fourth-order valence-electron chi connectivity index (χ4n) is 15.3. The number of fused-ring (bicyclic) bond motifs is 6. The highest BCUT2D eigenvalue weighted by Gasteiger charge is 2.51. The number of aromatic nitrogens is 1. The molecule has 1 aromatic heterocycles. The summed E-state index contributed by atoms with van der Waals surface area (Å²) in [5.74, 6) is -11.2. The lowest BCUT2D eigenvalue weighted by Gasteiger charge is -2.41. The minimum absolute atomic E-state index is 0.000239. The molecule has 1 aliphatic carbocycles. The van der Waals surface area contributed by atoms with Crippen molar-refractivity contribution in [1.29, 1.82) is 0 Å². The molecule has 8 fully saturated rings. The molecule has 5 amide bonds. The highest BCUT2D eigenvalue weighted by atomic mass is 32.2. The lowest BCUT2D eigenvalue weighted by Crippen LogP contribution is -2.53. The predicted octanol–water partition coefficient (Wildman–Crippen LogP) is 5.64. The number of aliphatic hydroxyl groups is 1. The molecule has 8 aliphatic rings. The molecule has 7 saturated heterocycles. The van der Waals surface area contributed by atoms with Gasteiger partial charge in [-0.05, 0) is 175 Å². The van der Waals surface area contributed by atoms with Crippen molar-refractivity contribution in [2.24, 2.45) is 40.9 Å². The summed E-state index contributed by atoms with van der Waals surface area (Å²) in [5, 5.41) is 17.6. The maximum absolute atomic E-state index is 14.0. The third kappa shape index (κ3) is 17.0. The van der Waals surface area contributed by atoms with E-state index in [4.69, 9.17) is 26.4 Å². The highest BCUT2D eigenvalue weighted by Crippen LogP contribution is 2.44. The zero-order valence-electron chi connectivity index (χ0n) is 52.3. The molecule has 10 N–H and O–H groups in total. The van der Waals surface area contributed by atoms with E-state index in [9.17, 15) is 77.0 Å². The van der Waals surface area contributed by atoms with Crippen LogP contribution in [-0.4, -0.2) is 161 Å². The van der Waals surface area contributed by atoms with Crippen LogP contribution in [0.4, 0.5) is 39.5 Å². The van der Waals surface area contributed by atoms with E-state index in [0.717, 1.165) is 50.3 Å². The first-order valence-corrected chi connectivity index (χ1v) is 34.1. The minimum Gasteiger partial charge on any atom is -0.438 e. The van der Waals surface area contributed by atoms with E-state index >= 15 is 0 Å². The van der Waals surface area contributed by atoms with E-state index in [0.29, 0.717) is 108 Å². The number of benzene rings is 3. The minimum atomic E-state index is -3.63. The molecule has 7 aliphatic heterocycles. The number of piperidine rings is 3.